The summed E-state index contributed by atoms with van der Waals surface area (Å²) in [5, 5.41) is 10.2. The SMILES string of the molecule is Cc1ccc(S(=O)(=O)N2CCC(O)c3cc(C)ccc32)c(C)c1. The van der Waals surface area contributed by atoms with E-state index in [2.05, 4.69) is 0 Å². The molecule has 0 radical (unpaired) electrons. The molecule has 0 saturated heterocycles. The third kappa shape index (κ3) is 2.75. The van der Waals surface area contributed by atoms with Crippen molar-refractivity contribution in [1.29, 1.82) is 0 Å². The van der Waals surface area contributed by atoms with Gasteiger partial charge < -0.3 is 5.11 Å². The fraction of sp³-hybridized carbons (Fsp3) is 0.333. The topological polar surface area (TPSA) is 57.6 Å². The molecule has 1 aliphatic rings. The van der Waals surface area contributed by atoms with E-state index < -0.39 is 16.1 Å². The Morgan fingerprint density at radius 1 is 1.04 bits per heavy atom. The molecule has 1 aliphatic heterocycles. The van der Waals surface area contributed by atoms with Gasteiger partial charge in [-0.3, -0.25) is 4.31 Å². The Kier molecular flexibility index (Phi) is 3.94. The van der Waals surface area contributed by atoms with E-state index in [4.69, 9.17) is 0 Å². The second-order valence-corrected chi connectivity index (χ2v) is 8.04. The number of rotatable bonds is 2. The van der Waals surface area contributed by atoms with Gasteiger partial charge in [-0.2, -0.15) is 0 Å². The van der Waals surface area contributed by atoms with Gasteiger partial charge in [0.2, 0.25) is 0 Å². The first kappa shape index (κ1) is 16.0. The molecule has 0 amide bonds. The van der Waals surface area contributed by atoms with Crippen molar-refractivity contribution >= 4 is 15.7 Å². The largest absolute Gasteiger partial charge is 0.388 e. The third-order valence-corrected chi connectivity index (χ3v) is 6.29. The summed E-state index contributed by atoms with van der Waals surface area (Å²) in [7, 11) is -3.64. The highest BCUT2D eigenvalue weighted by Gasteiger charge is 2.33. The molecule has 0 bridgehead atoms. The number of fused-ring (bicyclic) bond motifs is 1. The minimum absolute atomic E-state index is 0.285. The van der Waals surface area contributed by atoms with Crippen molar-refractivity contribution in [2.45, 2.75) is 38.2 Å². The molecule has 1 unspecified atom stereocenters. The van der Waals surface area contributed by atoms with Crippen LogP contribution in [0.15, 0.2) is 41.3 Å². The molecule has 0 aliphatic carbocycles. The number of benzene rings is 2. The van der Waals surface area contributed by atoms with Gasteiger partial charge in [0, 0.05) is 12.1 Å². The molecule has 0 saturated carbocycles. The number of aliphatic hydroxyl groups excluding tert-OH is 1. The predicted molar refractivity (Wildman–Crippen MR) is 91.2 cm³/mol. The summed E-state index contributed by atoms with van der Waals surface area (Å²) in [5.74, 6) is 0. The quantitative estimate of drug-likeness (QED) is 0.919. The first-order valence-corrected chi connectivity index (χ1v) is 9.13. The van der Waals surface area contributed by atoms with Crippen LogP contribution in [0.3, 0.4) is 0 Å². The van der Waals surface area contributed by atoms with E-state index in [0.29, 0.717) is 22.6 Å². The number of aryl methyl sites for hydroxylation is 3. The van der Waals surface area contributed by atoms with Crippen molar-refractivity contribution in [2.24, 2.45) is 0 Å². The standard InChI is InChI=1S/C18H21NO3S/c1-12-5-7-18(14(3)10-12)23(21,22)19-9-8-17(20)15-11-13(2)4-6-16(15)19/h4-7,10-11,17,20H,8-9H2,1-3H3. The molecular formula is C18H21NO3S. The van der Waals surface area contributed by atoms with Gasteiger partial charge in [-0.05, 0) is 44.9 Å². The van der Waals surface area contributed by atoms with Crippen LogP contribution in [0.4, 0.5) is 5.69 Å². The number of hydrogen-bond donors (Lipinski definition) is 1. The Hall–Kier alpha value is -1.85. The van der Waals surface area contributed by atoms with E-state index in [1.54, 1.807) is 12.1 Å². The van der Waals surface area contributed by atoms with Gasteiger partial charge >= 0.3 is 0 Å². The Balaban J connectivity index is 2.13. The summed E-state index contributed by atoms with van der Waals surface area (Å²) in [6, 6.07) is 10.9. The van der Waals surface area contributed by atoms with E-state index in [1.807, 2.05) is 45.0 Å². The van der Waals surface area contributed by atoms with Gasteiger partial charge in [0.05, 0.1) is 16.7 Å². The zero-order chi connectivity index (χ0) is 16.8. The summed E-state index contributed by atoms with van der Waals surface area (Å²) >= 11 is 0. The summed E-state index contributed by atoms with van der Waals surface area (Å²) in [6.45, 7) is 5.98. The normalized spacial score (nSPS) is 17.9. The maximum absolute atomic E-state index is 13.1. The van der Waals surface area contributed by atoms with E-state index in [1.165, 1.54) is 4.31 Å². The molecule has 122 valence electrons. The van der Waals surface area contributed by atoms with Crippen molar-refractivity contribution in [3.8, 4) is 0 Å². The maximum Gasteiger partial charge on any atom is 0.264 e. The van der Waals surface area contributed by atoms with Gasteiger partial charge in [-0.25, -0.2) is 8.42 Å². The van der Waals surface area contributed by atoms with Crippen molar-refractivity contribution in [1.82, 2.24) is 0 Å². The second kappa shape index (κ2) is 5.65. The highest BCUT2D eigenvalue weighted by molar-refractivity contribution is 7.92. The molecule has 0 aromatic heterocycles. The molecule has 2 aromatic carbocycles. The predicted octanol–water partition coefficient (Wildman–Crippen LogP) is 3.24. The Labute approximate surface area is 137 Å². The fourth-order valence-corrected chi connectivity index (χ4v) is 4.85. The minimum atomic E-state index is -3.64. The number of nitrogens with zero attached hydrogens (tertiary/aromatic N) is 1. The van der Waals surface area contributed by atoms with Gasteiger partial charge in [0.1, 0.15) is 0 Å². The Bertz CT molecular complexity index is 859. The zero-order valence-electron chi connectivity index (χ0n) is 13.6. The molecule has 5 heteroatoms. The lowest BCUT2D eigenvalue weighted by molar-refractivity contribution is 0.166. The van der Waals surface area contributed by atoms with Crippen LogP contribution in [0, 0.1) is 20.8 Å². The van der Waals surface area contributed by atoms with Crippen LogP contribution in [0.5, 0.6) is 0 Å². The van der Waals surface area contributed by atoms with E-state index >= 15 is 0 Å². The summed E-state index contributed by atoms with van der Waals surface area (Å²) in [4.78, 5) is 0.325. The first-order valence-electron chi connectivity index (χ1n) is 7.69. The van der Waals surface area contributed by atoms with Crippen LogP contribution >= 0.6 is 0 Å². The number of hydrogen-bond acceptors (Lipinski definition) is 3. The first-order chi connectivity index (χ1) is 10.8. The van der Waals surface area contributed by atoms with Crippen LogP contribution in [-0.4, -0.2) is 20.1 Å². The minimum Gasteiger partial charge on any atom is -0.388 e. The highest BCUT2D eigenvalue weighted by Crippen LogP contribution is 2.38. The molecular weight excluding hydrogens is 310 g/mol. The average Bonchev–Trinajstić information content (AvgIpc) is 2.47. The van der Waals surface area contributed by atoms with Crippen LogP contribution in [0.2, 0.25) is 0 Å². The number of anilines is 1. The van der Waals surface area contributed by atoms with Crippen LogP contribution in [0.25, 0.3) is 0 Å². The summed E-state index contributed by atoms with van der Waals surface area (Å²) in [5.41, 5.74) is 4.05. The second-order valence-electron chi connectivity index (χ2n) is 6.21. The lowest BCUT2D eigenvalue weighted by Crippen LogP contribution is -2.37. The smallest absolute Gasteiger partial charge is 0.264 e. The van der Waals surface area contributed by atoms with E-state index in [0.717, 1.165) is 16.7 Å². The molecule has 2 aromatic rings. The van der Waals surface area contributed by atoms with Crippen LogP contribution < -0.4 is 4.31 Å². The maximum atomic E-state index is 13.1. The van der Waals surface area contributed by atoms with E-state index in [-0.39, 0.29) is 6.54 Å². The van der Waals surface area contributed by atoms with Gasteiger partial charge in [-0.1, -0.05) is 35.4 Å². The zero-order valence-corrected chi connectivity index (χ0v) is 14.4. The van der Waals surface area contributed by atoms with Gasteiger partial charge in [-0.15, -0.1) is 0 Å². The molecule has 0 spiro atoms. The molecule has 1 N–H and O–H groups in total. The van der Waals surface area contributed by atoms with Gasteiger partial charge in [0.15, 0.2) is 0 Å². The molecule has 1 heterocycles. The number of aliphatic hydroxyl groups is 1. The summed E-state index contributed by atoms with van der Waals surface area (Å²) < 4.78 is 27.7. The van der Waals surface area contributed by atoms with Crippen LogP contribution in [0.1, 0.15) is 34.8 Å². The lowest BCUT2D eigenvalue weighted by Gasteiger charge is -2.33. The monoisotopic (exact) mass is 331 g/mol. The van der Waals surface area contributed by atoms with Crippen molar-refractivity contribution < 1.29 is 13.5 Å². The third-order valence-electron chi connectivity index (χ3n) is 4.31. The highest BCUT2D eigenvalue weighted by atomic mass is 32.2. The Morgan fingerprint density at radius 2 is 1.70 bits per heavy atom. The number of sulfonamides is 1. The molecule has 1 atom stereocenters. The van der Waals surface area contributed by atoms with Gasteiger partial charge in [0.25, 0.3) is 10.0 Å². The van der Waals surface area contributed by atoms with Crippen molar-refractivity contribution in [2.75, 3.05) is 10.8 Å². The Morgan fingerprint density at radius 3 is 2.39 bits per heavy atom. The van der Waals surface area contributed by atoms with Crippen molar-refractivity contribution in [3.63, 3.8) is 0 Å². The average molecular weight is 331 g/mol. The molecule has 0 fully saturated rings. The van der Waals surface area contributed by atoms with Crippen molar-refractivity contribution in [3.05, 3.63) is 58.7 Å². The summed E-state index contributed by atoms with van der Waals surface area (Å²) in [6.07, 6.45) is -0.212. The fourth-order valence-electron chi connectivity index (χ4n) is 3.14. The lowest BCUT2D eigenvalue weighted by atomic mass is 9.99. The molecule has 4 nitrogen and oxygen atoms in total. The molecule has 23 heavy (non-hydrogen) atoms. The molecule has 3 rings (SSSR count). The van der Waals surface area contributed by atoms with Crippen LogP contribution in [-0.2, 0) is 10.0 Å². The van der Waals surface area contributed by atoms with E-state index in [9.17, 15) is 13.5 Å².